The van der Waals surface area contributed by atoms with E-state index >= 15 is 0 Å². The van der Waals surface area contributed by atoms with Gasteiger partial charge in [-0.25, -0.2) is 5.41 Å². The fraction of sp³-hybridized carbons (Fsp3) is 0.462. The fourth-order valence-electron chi connectivity index (χ4n) is 2.20. The molecule has 0 unspecified atom stereocenters. The summed E-state index contributed by atoms with van der Waals surface area (Å²) in [6.07, 6.45) is 2.95. The molecular weight excluding hydrogens is 420 g/mol. The minimum Gasteiger partial charge on any atom is -1.00 e. The second kappa shape index (κ2) is 24.7. The van der Waals surface area contributed by atoms with Crippen molar-refractivity contribution in [2.24, 2.45) is 4.99 Å². The van der Waals surface area contributed by atoms with Crippen LogP contribution >= 0.6 is 0 Å². The van der Waals surface area contributed by atoms with Crippen LogP contribution in [0.1, 0.15) is 74.3 Å². The first-order valence-corrected chi connectivity index (χ1v) is 11.0. The van der Waals surface area contributed by atoms with Crippen LogP contribution in [-0.2, 0) is 11.2 Å². The number of para-hydroxylation sites is 3. The summed E-state index contributed by atoms with van der Waals surface area (Å²) >= 11 is 0. The van der Waals surface area contributed by atoms with Crippen molar-refractivity contribution in [2.45, 2.75) is 75.2 Å². The van der Waals surface area contributed by atoms with Gasteiger partial charge in [0, 0.05) is 12.1 Å². The molecule has 0 atom stereocenters. The largest absolute Gasteiger partial charge is 1.00 e. The molecule has 32 heavy (non-hydrogen) atoms. The molecule has 0 saturated carbocycles. The number of benzene rings is 2. The summed E-state index contributed by atoms with van der Waals surface area (Å²) in [6.45, 7) is 14.7. The first-order valence-electron chi connectivity index (χ1n) is 11.0. The van der Waals surface area contributed by atoms with E-state index in [0.29, 0.717) is 23.9 Å². The highest BCUT2D eigenvalue weighted by atomic mass is 35.5. The molecule has 0 radical (unpaired) electrons. The molecule has 2 aromatic carbocycles. The summed E-state index contributed by atoms with van der Waals surface area (Å²) in [5.74, 6) is 0.627. The van der Waals surface area contributed by atoms with Crippen molar-refractivity contribution in [1.29, 1.82) is 0 Å². The van der Waals surface area contributed by atoms with Crippen LogP contribution in [0.25, 0.3) is 0 Å². The van der Waals surface area contributed by atoms with Crippen molar-refractivity contribution in [3.05, 3.63) is 54.1 Å². The van der Waals surface area contributed by atoms with Gasteiger partial charge in [0.25, 0.3) is 0 Å². The summed E-state index contributed by atoms with van der Waals surface area (Å²) in [7, 11) is 0. The zero-order chi connectivity index (χ0) is 23.4. The van der Waals surface area contributed by atoms with E-state index in [-0.39, 0.29) is 19.8 Å². The highest BCUT2D eigenvalue weighted by Gasteiger charge is 2.10. The number of fused-ring (bicyclic) bond motifs is 1. The van der Waals surface area contributed by atoms with Gasteiger partial charge in [-0.2, -0.15) is 0 Å². The van der Waals surface area contributed by atoms with Gasteiger partial charge in [-0.3, -0.25) is 4.99 Å². The highest BCUT2D eigenvalue weighted by molar-refractivity contribution is 5.93. The van der Waals surface area contributed by atoms with Gasteiger partial charge in [0.05, 0.1) is 30.1 Å². The van der Waals surface area contributed by atoms with Gasteiger partial charge in [0.15, 0.2) is 0 Å². The Labute approximate surface area is 203 Å². The summed E-state index contributed by atoms with van der Waals surface area (Å²) in [5, 5.41) is 5.28. The molecule has 184 valence electrons. The average molecular weight is 467 g/mol. The van der Waals surface area contributed by atoms with Crippen molar-refractivity contribution >= 4 is 28.7 Å². The van der Waals surface area contributed by atoms with E-state index in [9.17, 15) is 0 Å². The molecule has 2 aromatic rings. The third-order valence-corrected chi connectivity index (χ3v) is 3.75. The number of hydrogen-bond donors (Lipinski definition) is 3. The molecule has 0 aliphatic carbocycles. The molecular formula is C26H47ClN4O. The first kappa shape index (κ1) is 36.8. The highest BCUT2D eigenvalue weighted by Crippen LogP contribution is 2.26. The van der Waals surface area contributed by atoms with E-state index in [1.807, 2.05) is 59.7 Å². The van der Waals surface area contributed by atoms with Crippen LogP contribution in [0.15, 0.2) is 53.5 Å². The number of aliphatic imine (C=N–C) groups is 1. The van der Waals surface area contributed by atoms with Gasteiger partial charge in [0.2, 0.25) is 0 Å². The minimum atomic E-state index is 0. The fourth-order valence-corrected chi connectivity index (χ4v) is 2.20. The van der Waals surface area contributed by atoms with Crippen LogP contribution in [0.2, 0.25) is 0 Å². The van der Waals surface area contributed by atoms with E-state index in [0.717, 1.165) is 19.3 Å². The number of anilines is 2. The molecule has 0 aromatic heterocycles. The molecule has 1 aliphatic heterocycles. The van der Waals surface area contributed by atoms with Crippen LogP contribution in [0, 0.1) is 0 Å². The van der Waals surface area contributed by atoms with Crippen LogP contribution in [0.3, 0.4) is 0 Å². The monoisotopic (exact) mass is 466 g/mol. The van der Waals surface area contributed by atoms with Crippen LogP contribution in [0.4, 0.5) is 17.1 Å². The van der Waals surface area contributed by atoms with Gasteiger partial charge in [0.1, 0.15) is 0 Å². The Morgan fingerprint density at radius 2 is 1.38 bits per heavy atom. The molecule has 0 bridgehead atoms. The number of hydrogen-bond acceptors (Lipinski definition) is 4. The van der Waals surface area contributed by atoms with Gasteiger partial charge >= 0.3 is 5.90 Å². The third-order valence-electron chi connectivity index (χ3n) is 3.75. The SMILES string of the molecule is C.CC.CC.CCC1=Nc2ccccc2C1.CCOC(=[NH2+])CC.Nc1ccccc1N.[Cl-]. The Morgan fingerprint density at radius 1 is 0.906 bits per heavy atom. The number of nitrogen functional groups attached to an aromatic ring is 2. The predicted molar refractivity (Wildman–Crippen MR) is 141 cm³/mol. The lowest BCUT2D eigenvalue weighted by Gasteiger charge is -1.94. The normalized spacial score (nSPS) is 9.41. The second-order valence-electron chi connectivity index (χ2n) is 5.72. The standard InChI is InChI=1S/C10H11N.C6H8N2.C5H11NO.2C2H6.CH4.ClH/c1-2-9-7-8-5-3-4-6-10(8)11-9;7-5-3-1-2-4-6(5)8;1-3-5(6)7-4-2;2*1-2;;/h3-6H,2,7H2,1H3;1-4H,7-8H2;6H,3-4H2,1-2H3;2*1-2H3;1H4;1H. The van der Waals surface area contributed by atoms with Gasteiger partial charge < -0.3 is 28.6 Å². The van der Waals surface area contributed by atoms with Gasteiger partial charge in [-0.05, 0) is 37.1 Å². The van der Waals surface area contributed by atoms with Crippen LogP contribution in [0.5, 0.6) is 0 Å². The third kappa shape index (κ3) is 16.2. The zero-order valence-electron chi connectivity index (χ0n) is 20.4. The van der Waals surface area contributed by atoms with E-state index in [1.165, 1.54) is 17.0 Å². The summed E-state index contributed by atoms with van der Waals surface area (Å²) in [6, 6.07) is 15.6. The molecule has 6 heteroatoms. The van der Waals surface area contributed by atoms with Gasteiger partial charge in [-0.1, -0.05) is 79.3 Å². The van der Waals surface area contributed by atoms with E-state index in [2.05, 4.69) is 30.1 Å². The Bertz CT molecular complexity index is 712. The summed E-state index contributed by atoms with van der Waals surface area (Å²) in [5.41, 5.74) is 15.9. The Morgan fingerprint density at radius 3 is 1.72 bits per heavy atom. The Hall–Kier alpha value is -2.53. The lowest BCUT2D eigenvalue weighted by Crippen LogP contribution is -3.00. The van der Waals surface area contributed by atoms with Crippen molar-refractivity contribution in [3.63, 3.8) is 0 Å². The van der Waals surface area contributed by atoms with Crippen LogP contribution in [-0.4, -0.2) is 18.2 Å². The quantitative estimate of drug-likeness (QED) is 0.368. The molecule has 3 rings (SSSR count). The van der Waals surface area contributed by atoms with E-state index in [1.54, 1.807) is 12.1 Å². The number of ether oxygens (including phenoxy) is 1. The lowest BCUT2D eigenvalue weighted by atomic mass is 10.1. The molecule has 0 saturated heterocycles. The number of nitrogens with two attached hydrogens (primary N) is 3. The van der Waals surface area contributed by atoms with Crippen molar-refractivity contribution < 1.29 is 22.6 Å². The summed E-state index contributed by atoms with van der Waals surface area (Å²) in [4.78, 5) is 4.49. The molecule has 0 fully saturated rings. The minimum absolute atomic E-state index is 0. The molecule has 6 N–H and O–H groups in total. The van der Waals surface area contributed by atoms with Crippen molar-refractivity contribution in [1.82, 2.24) is 0 Å². The predicted octanol–water partition coefficient (Wildman–Crippen LogP) is 2.86. The summed E-state index contributed by atoms with van der Waals surface area (Å²) < 4.78 is 4.89. The average Bonchev–Trinajstić information content (AvgIpc) is 3.23. The maximum Gasteiger partial charge on any atom is 0.332 e. The van der Waals surface area contributed by atoms with Crippen LogP contribution < -0.4 is 29.3 Å². The van der Waals surface area contributed by atoms with Crippen molar-refractivity contribution in [3.8, 4) is 0 Å². The smallest absolute Gasteiger partial charge is 0.332 e. The molecule has 1 aliphatic rings. The maximum absolute atomic E-state index is 5.39. The maximum atomic E-state index is 5.39. The molecule has 5 nitrogen and oxygen atoms in total. The molecule has 0 amide bonds. The second-order valence-corrected chi connectivity index (χ2v) is 5.72. The first-order chi connectivity index (χ1) is 14.5. The number of rotatable bonds is 3. The van der Waals surface area contributed by atoms with E-state index < -0.39 is 0 Å². The Balaban J connectivity index is -0.000000170. The van der Waals surface area contributed by atoms with E-state index in [4.69, 9.17) is 21.6 Å². The lowest BCUT2D eigenvalue weighted by molar-refractivity contribution is -0.142. The molecule has 1 heterocycles. The number of halogens is 1. The molecule has 0 spiro atoms. The Kier molecular flexibility index (Phi) is 28.5. The van der Waals surface area contributed by atoms with Crippen molar-refractivity contribution in [2.75, 3.05) is 18.1 Å². The zero-order valence-corrected chi connectivity index (χ0v) is 21.2. The number of nitrogens with zero attached hydrogens (tertiary/aromatic N) is 1. The topological polar surface area (TPSA) is 99.2 Å². The van der Waals surface area contributed by atoms with Gasteiger partial charge in [-0.15, -0.1) is 0 Å².